The number of ether oxygens (including phenoxy) is 4. The maximum Gasteiger partial charge on any atom is 0.472 e. The number of unbranched alkanes of at least 4 members (excludes halogenated alkanes) is 41. The Bertz CT molecular complexity index is 1870. The van der Waals surface area contributed by atoms with Gasteiger partial charge in [0.25, 0.3) is 0 Å². The van der Waals surface area contributed by atoms with Crippen LogP contribution >= 0.6 is 15.6 Å². The van der Waals surface area contributed by atoms with E-state index in [0.29, 0.717) is 25.7 Å². The molecule has 0 aromatic rings. The van der Waals surface area contributed by atoms with E-state index in [0.717, 1.165) is 108 Å². The summed E-state index contributed by atoms with van der Waals surface area (Å²) in [4.78, 5) is 72.9. The standard InChI is InChI=1S/C77H150O17P2/c1-8-11-12-13-14-15-16-17-18-22-25-28-37-44-51-58-74(79)87-64-72(93-76(81)60-53-46-39-29-26-23-20-19-21-24-27-35-42-49-56-69(6)9-2)66-91-95(83,84)89-62-71(78)63-90-96(85,86)92-67-73(65-88-75(80)59-52-45-38-32-30-34-41-48-55-68(4)5)94-77(82)61-54-47-40-33-31-36-43-50-57-70(7)10-3/h68-73,78H,8-67H2,1-7H3,(H,83,84)(H,85,86)/t69?,70?,71-,72-,73-/m1/s1. The maximum absolute atomic E-state index is 13.1. The number of aliphatic hydroxyl groups excluding tert-OH is 1. The molecule has 96 heavy (non-hydrogen) atoms. The molecule has 0 aliphatic rings. The zero-order valence-corrected chi connectivity index (χ0v) is 64.6. The lowest BCUT2D eigenvalue weighted by Crippen LogP contribution is -2.30. The van der Waals surface area contributed by atoms with Crippen LogP contribution in [0.25, 0.3) is 0 Å². The van der Waals surface area contributed by atoms with E-state index in [1.807, 2.05) is 0 Å². The lowest BCUT2D eigenvalue weighted by atomic mass is 9.99. The number of carbonyl (C=O) groups is 4. The van der Waals surface area contributed by atoms with Crippen LogP contribution in [-0.4, -0.2) is 96.7 Å². The van der Waals surface area contributed by atoms with Gasteiger partial charge in [-0.2, -0.15) is 0 Å². The normalized spacial score (nSPS) is 14.6. The molecule has 0 rings (SSSR count). The number of phosphoric acid groups is 2. The maximum atomic E-state index is 13.1. The highest BCUT2D eigenvalue weighted by Crippen LogP contribution is 2.45. The average molecular weight is 1410 g/mol. The van der Waals surface area contributed by atoms with E-state index in [1.165, 1.54) is 205 Å². The van der Waals surface area contributed by atoms with E-state index in [1.54, 1.807) is 0 Å². The van der Waals surface area contributed by atoms with Gasteiger partial charge in [0.2, 0.25) is 0 Å². The SMILES string of the molecule is CCCCCCCCCCCCCCCCCC(=O)OC[C@H](COP(=O)(O)OC[C@@H](O)COP(=O)(O)OC[C@@H](COC(=O)CCCCCCCCCCC(C)C)OC(=O)CCCCCCCCCCC(C)CC)OC(=O)CCCCCCCCCCCCCCCCC(C)CC. The van der Waals surface area contributed by atoms with Gasteiger partial charge in [-0.15, -0.1) is 0 Å². The molecule has 0 aromatic carbocycles. The number of hydrogen-bond donors (Lipinski definition) is 3. The number of phosphoric ester groups is 2. The first-order chi connectivity index (χ1) is 46.3. The minimum atomic E-state index is -4.96. The highest BCUT2D eigenvalue weighted by atomic mass is 31.2. The van der Waals surface area contributed by atoms with Gasteiger partial charge in [0.15, 0.2) is 12.2 Å². The van der Waals surface area contributed by atoms with E-state index >= 15 is 0 Å². The summed E-state index contributed by atoms with van der Waals surface area (Å²) in [5.74, 6) is 0.224. The molecule has 0 fully saturated rings. The van der Waals surface area contributed by atoms with Crippen molar-refractivity contribution in [3.05, 3.63) is 0 Å². The molecule has 0 amide bonds. The smallest absolute Gasteiger partial charge is 0.462 e. The Morgan fingerprint density at radius 3 is 0.792 bits per heavy atom. The predicted octanol–water partition coefficient (Wildman–Crippen LogP) is 22.6. The summed E-state index contributed by atoms with van der Waals surface area (Å²) in [6.07, 6.45) is 54.0. The predicted molar refractivity (Wildman–Crippen MR) is 391 cm³/mol. The molecule has 17 nitrogen and oxygen atoms in total. The van der Waals surface area contributed by atoms with Crippen molar-refractivity contribution in [2.75, 3.05) is 39.6 Å². The molecular weight excluding hydrogens is 1260 g/mol. The van der Waals surface area contributed by atoms with Gasteiger partial charge in [0.05, 0.1) is 26.4 Å². The van der Waals surface area contributed by atoms with Crippen molar-refractivity contribution in [3.63, 3.8) is 0 Å². The Morgan fingerprint density at radius 2 is 0.531 bits per heavy atom. The van der Waals surface area contributed by atoms with Crippen molar-refractivity contribution in [3.8, 4) is 0 Å². The summed E-state index contributed by atoms with van der Waals surface area (Å²) in [6.45, 7) is 11.9. The van der Waals surface area contributed by atoms with Crippen molar-refractivity contribution in [1.29, 1.82) is 0 Å². The molecule has 4 unspecified atom stereocenters. The van der Waals surface area contributed by atoms with Gasteiger partial charge in [-0.1, -0.05) is 344 Å². The van der Waals surface area contributed by atoms with E-state index in [-0.39, 0.29) is 25.7 Å². The van der Waals surface area contributed by atoms with Crippen LogP contribution in [0.4, 0.5) is 0 Å². The molecule has 0 aliphatic carbocycles. The molecule has 0 saturated carbocycles. The molecule has 0 heterocycles. The van der Waals surface area contributed by atoms with Gasteiger partial charge in [-0.05, 0) is 43.4 Å². The Morgan fingerprint density at radius 1 is 0.302 bits per heavy atom. The lowest BCUT2D eigenvalue weighted by Gasteiger charge is -2.21. The van der Waals surface area contributed by atoms with Gasteiger partial charge in [0, 0.05) is 25.7 Å². The molecule has 7 atom stereocenters. The first-order valence-corrected chi connectivity index (χ1v) is 42.9. The average Bonchev–Trinajstić information content (AvgIpc) is 1.20. The monoisotopic (exact) mass is 1410 g/mol. The Hall–Kier alpha value is -1.94. The summed E-state index contributed by atoms with van der Waals surface area (Å²) in [5.41, 5.74) is 0. The summed E-state index contributed by atoms with van der Waals surface area (Å²) in [7, 11) is -9.91. The van der Waals surface area contributed by atoms with Crippen molar-refractivity contribution in [2.45, 2.75) is 414 Å². The summed E-state index contributed by atoms with van der Waals surface area (Å²) >= 11 is 0. The number of carbonyl (C=O) groups excluding carboxylic acids is 4. The van der Waals surface area contributed by atoms with E-state index < -0.39 is 97.5 Å². The molecule has 0 aromatic heterocycles. The Balaban J connectivity index is 5.26. The fourth-order valence-corrected chi connectivity index (χ4v) is 13.3. The van der Waals surface area contributed by atoms with Crippen LogP contribution in [0.15, 0.2) is 0 Å². The lowest BCUT2D eigenvalue weighted by molar-refractivity contribution is -0.161. The molecule has 0 saturated heterocycles. The second kappa shape index (κ2) is 67.5. The number of hydrogen-bond acceptors (Lipinski definition) is 15. The largest absolute Gasteiger partial charge is 0.472 e. The van der Waals surface area contributed by atoms with Gasteiger partial charge >= 0.3 is 39.5 Å². The fourth-order valence-electron chi connectivity index (χ4n) is 11.7. The van der Waals surface area contributed by atoms with Crippen LogP contribution in [0.5, 0.6) is 0 Å². The quantitative estimate of drug-likeness (QED) is 0.0222. The molecule has 0 bridgehead atoms. The fraction of sp³-hybridized carbons (Fsp3) is 0.948. The molecule has 3 N–H and O–H groups in total. The molecular formula is C77H150O17P2. The molecule has 0 spiro atoms. The molecule has 570 valence electrons. The minimum Gasteiger partial charge on any atom is -0.462 e. The van der Waals surface area contributed by atoms with Crippen LogP contribution in [0, 0.1) is 17.8 Å². The third-order valence-electron chi connectivity index (χ3n) is 18.6. The van der Waals surface area contributed by atoms with E-state index in [4.69, 9.17) is 37.0 Å². The number of esters is 4. The van der Waals surface area contributed by atoms with Crippen molar-refractivity contribution in [2.24, 2.45) is 17.8 Å². The molecule has 0 radical (unpaired) electrons. The second-order valence-electron chi connectivity index (χ2n) is 28.7. The summed E-state index contributed by atoms with van der Waals surface area (Å²) < 4.78 is 68.6. The van der Waals surface area contributed by atoms with Crippen LogP contribution in [0.1, 0.15) is 395 Å². The Labute approximate surface area is 588 Å². The van der Waals surface area contributed by atoms with Gasteiger partial charge in [0.1, 0.15) is 19.3 Å². The van der Waals surface area contributed by atoms with Gasteiger partial charge in [-0.25, -0.2) is 9.13 Å². The molecule has 0 aliphatic heterocycles. The van der Waals surface area contributed by atoms with E-state index in [2.05, 4.69) is 48.5 Å². The number of aliphatic hydroxyl groups is 1. The van der Waals surface area contributed by atoms with Crippen molar-refractivity contribution in [1.82, 2.24) is 0 Å². The van der Waals surface area contributed by atoms with Crippen molar-refractivity contribution >= 4 is 39.5 Å². The minimum absolute atomic E-state index is 0.104. The van der Waals surface area contributed by atoms with Crippen LogP contribution in [-0.2, 0) is 65.4 Å². The highest BCUT2D eigenvalue weighted by Gasteiger charge is 2.30. The second-order valence-corrected chi connectivity index (χ2v) is 31.6. The zero-order valence-electron chi connectivity index (χ0n) is 62.8. The Kier molecular flexibility index (Phi) is 66.2. The number of rotatable bonds is 75. The summed E-state index contributed by atoms with van der Waals surface area (Å²) in [6, 6.07) is 0. The van der Waals surface area contributed by atoms with Crippen molar-refractivity contribution < 1.29 is 80.2 Å². The van der Waals surface area contributed by atoms with E-state index in [9.17, 15) is 43.2 Å². The topological polar surface area (TPSA) is 237 Å². The van der Waals surface area contributed by atoms with Gasteiger partial charge in [-0.3, -0.25) is 37.3 Å². The first kappa shape index (κ1) is 94.1. The van der Waals surface area contributed by atoms with Crippen LogP contribution in [0.2, 0.25) is 0 Å². The third-order valence-corrected chi connectivity index (χ3v) is 20.5. The van der Waals surface area contributed by atoms with Crippen LogP contribution < -0.4 is 0 Å². The third kappa shape index (κ3) is 67.9. The van der Waals surface area contributed by atoms with Crippen LogP contribution in [0.3, 0.4) is 0 Å². The first-order valence-electron chi connectivity index (χ1n) is 39.9. The zero-order chi connectivity index (χ0) is 70.9. The molecule has 19 heteroatoms. The summed E-state index contributed by atoms with van der Waals surface area (Å²) in [5, 5.41) is 10.6. The highest BCUT2D eigenvalue weighted by molar-refractivity contribution is 7.47. The van der Waals surface area contributed by atoms with Gasteiger partial charge < -0.3 is 33.8 Å².